The molecule has 15 aromatic rings. The standard InChI is InChI=1S/C17H19NS.C16H20N2.3C14H17NS.C12H14N2S.C12H15NS2.C12H18.C7H16O2S/c1-11-13-8-6-5-7-12(13)9-14(11)15-10-19-16(18-15)17(2,3)4;1-16(2,3)14-11-12-17-15(18-14)10-9-13-7-5-4-6-8-13;2*1-10-5-7-11(8-6-10)12-9-16-13(15-12)14(2,3)4;1-10-6-5-7-11(8-10)12-9-16-13(15-12)14(2,3)4;1-12(2,3)11-14-10(8-15-11)9-5-4-6-13-7-9;1-12(2,3)7-9-8-15-11(13-9)10-5-4-6-14-10;1-10-5-7-11(8-6-10)9-12(2,3)4;1-5-6-10(8,9)7(2,3)4/h5-8,10H,9H2,1-4H3;4-8,11-12H,9-10H2,1-3H3;3*5-9H,1-4H3;4-8H,1-3H3;4-6,8H,7H2,1-3H3;5-8H,9H2,1-4H3;5-6H2,1-4H3. The zero-order chi connectivity index (χ0) is 101. The molecule has 0 N–H and O–H groups in total. The maximum Gasteiger partial charge on any atom is 0.155 e. The molecule has 0 spiro atoms. The number of allylic oxidation sites excluding steroid dienone is 2. The average molecular weight is 1990 g/mol. The van der Waals surface area contributed by atoms with E-state index in [1.165, 1.54) is 114 Å². The third-order valence-electron chi connectivity index (χ3n) is 21.5. The smallest absolute Gasteiger partial charge is 0.155 e. The highest BCUT2D eigenvalue weighted by atomic mass is 32.2. The number of fused-ring (bicyclic) bond motifs is 1. The van der Waals surface area contributed by atoms with Crippen molar-refractivity contribution in [2.24, 2.45) is 10.8 Å². The van der Waals surface area contributed by atoms with Crippen LogP contribution in [0.5, 0.6) is 0 Å². The zero-order valence-corrected chi connectivity index (χ0v) is 94.7. The summed E-state index contributed by atoms with van der Waals surface area (Å²) in [4.78, 5) is 42.6. The van der Waals surface area contributed by atoms with Crippen LogP contribution in [0.3, 0.4) is 0 Å². The fourth-order valence-electron chi connectivity index (χ4n) is 13.5. The van der Waals surface area contributed by atoms with E-state index in [4.69, 9.17) is 19.9 Å². The summed E-state index contributed by atoms with van der Waals surface area (Å²) in [5.74, 6) is 1.24. The van der Waals surface area contributed by atoms with E-state index in [1.54, 1.807) is 106 Å². The molecule has 1 aliphatic rings. The van der Waals surface area contributed by atoms with Crippen LogP contribution in [0.4, 0.5) is 0 Å². The van der Waals surface area contributed by atoms with Crippen LogP contribution >= 0.6 is 79.4 Å². The summed E-state index contributed by atoms with van der Waals surface area (Å²) in [6.07, 6.45) is 11.3. The van der Waals surface area contributed by atoms with Gasteiger partial charge in [-0.2, -0.15) is 0 Å². The van der Waals surface area contributed by atoms with Crippen molar-refractivity contribution in [3.63, 3.8) is 0 Å². The second-order valence-corrected chi connectivity index (χ2v) is 53.8. The first-order chi connectivity index (χ1) is 63.8. The molecule has 19 heteroatoms. The highest BCUT2D eigenvalue weighted by Crippen LogP contribution is 2.41. The highest BCUT2D eigenvalue weighted by Gasteiger charge is 2.29. The van der Waals surface area contributed by atoms with E-state index in [1.807, 2.05) is 43.6 Å². The number of sulfone groups is 1. The minimum atomic E-state index is -2.85. The topological polar surface area (TPSA) is 150 Å². The van der Waals surface area contributed by atoms with Crippen molar-refractivity contribution in [2.75, 3.05) is 5.75 Å². The van der Waals surface area contributed by atoms with Gasteiger partial charge in [-0.3, -0.25) is 4.98 Å². The maximum atomic E-state index is 11.3. The molecule has 137 heavy (non-hydrogen) atoms. The zero-order valence-electron chi connectivity index (χ0n) is 88.2. The molecule has 0 fully saturated rings. The van der Waals surface area contributed by atoms with Gasteiger partial charge >= 0.3 is 0 Å². The largest absolute Gasteiger partial charge is 0.264 e. The molecule has 0 unspecified atom stereocenters. The molecule has 1 aliphatic carbocycles. The Morgan fingerprint density at radius 3 is 1.20 bits per heavy atom. The van der Waals surface area contributed by atoms with Crippen LogP contribution in [0, 0.1) is 38.5 Å². The summed E-state index contributed by atoms with van der Waals surface area (Å²) in [5.41, 5.74) is 27.6. The van der Waals surface area contributed by atoms with Crippen molar-refractivity contribution in [1.82, 2.24) is 44.9 Å². The van der Waals surface area contributed by atoms with Gasteiger partial charge in [0.05, 0.1) is 74.6 Å². The van der Waals surface area contributed by atoms with E-state index in [-0.39, 0.29) is 32.5 Å². The number of rotatable bonds is 13. The second-order valence-electron chi connectivity index (χ2n) is 44.8. The number of pyridine rings is 1. The van der Waals surface area contributed by atoms with E-state index in [2.05, 4.69) is 421 Å². The monoisotopic (exact) mass is 1980 g/mol. The molecule has 9 heterocycles. The molecular weight excluding hydrogens is 1830 g/mol. The van der Waals surface area contributed by atoms with Crippen LogP contribution in [-0.2, 0) is 74.4 Å². The van der Waals surface area contributed by atoms with E-state index in [9.17, 15) is 8.42 Å². The van der Waals surface area contributed by atoms with Gasteiger partial charge in [0.15, 0.2) is 9.84 Å². The summed E-state index contributed by atoms with van der Waals surface area (Å²) in [7, 11) is -2.85. The van der Waals surface area contributed by atoms with Gasteiger partial charge in [0, 0.05) is 124 Å². The Bertz CT molecular complexity index is 6210. The summed E-state index contributed by atoms with van der Waals surface area (Å²) >= 11 is 12.2. The number of thiophene rings is 1. The SMILES string of the molecule is CC(C)(C)Cc1csc(-c2cccs2)n1.CC(C)(C)c1ccnc(CCc2ccccc2)n1.CC(C)(C)c1nc(-c2cccnc2)cs1.CC1=C(c2csc(C(C)(C)C)n2)Cc2ccccc21.CCCS(=O)(=O)C(C)(C)C.Cc1ccc(-c2csc(C(C)(C)C)n2)cc1.Cc1ccc(-c2csc(C(C)(C)C)n2)cc1.Cc1ccc(CC(C)(C)C)cc1.Cc1cccc(-c2csc(C(C)(C)C)n2)c1. The third-order valence-corrected chi connectivity index (χ3v) is 32.5. The fraction of sp³-hybridized carbons (Fsp3) is 0.415. The lowest BCUT2D eigenvalue weighted by Crippen LogP contribution is -2.30. The predicted octanol–water partition coefficient (Wildman–Crippen LogP) is 34.9. The Labute approximate surface area is 852 Å². The summed E-state index contributed by atoms with van der Waals surface area (Å²) in [6.45, 7) is 70.8. The molecule has 6 aromatic carbocycles. The Hall–Kier alpha value is -9.28. The predicted molar refractivity (Wildman–Crippen MR) is 602 cm³/mol. The molecule has 0 radical (unpaired) electrons. The van der Waals surface area contributed by atoms with Gasteiger partial charge in [-0.05, 0) is 161 Å². The van der Waals surface area contributed by atoms with Crippen LogP contribution < -0.4 is 0 Å². The molecule has 9 aromatic heterocycles. The number of aryl methyl sites for hydroxylation is 6. The first-order valence-corrected chi connectivity index (χ1v) is 55.5. The highest BCUT2D eigenvalue weighted by molar-refractivity contribution is 7.92. The second kappa shape index (κ2) is 49.7. The van der Waals surface area contributed by atoms with Crippen molar-refractivity contribution in [2.45, 2.75) is 304 Å². The lowest BCUT2D eigenvalue weighted by Gasteiger charge is -2.17. The van der Waals surface area contributed by atoms with Gasteiger partial charge in [-0.1, -0.05) is 347 Å². The minimum absolute atomic E-state index is 0.0877. The molecule has 11 nitrogen and oxygen atoms in total. The Balaban J connectivity index is 0.000000190. The summed E-state index contributed by atoms with van der Waals surface area (Å²) < 4.78 is 21.9. The van der Waals surface area contributed by atoms with Gasteiger partial charge in [-0.15, -0.1) is 79.4 Å². The molecule has 730 valence electrons. The molecule has 0 atom stereocenters. The molecule has 0 saturated carbocycles. The Kier molecular flexibility index (Phi) is 41.0. The van der Waals surface area contributed by atoms with Gasteiger partial charge in [-0.25, -0.2) is 48.3 Å². The molecule has 16 rings (SSSR count). The number of nitrogens with zero attached hydrogens (tertiary/aromatic N) is 9. The van der Waals surface area contributed by atoms with E-state index in [0.717, 1.165) is 77.0 Å². The fourth-order valence-corrected chi connectivity index (χ4v) is 20.9. The maximum absolute atomic E-state index is 11.3. The Morgan fingerprint density at radius 2 is 0.796 bits per heavy atom. The molecule has 0 aliphatic heterocycles. The lowest BCUT2D eigenvalue weighted by molar-refractivity contribution is 0.407. The van der Waals surface area contributed by atoms with E-state index >= 15 is 0 Å². The van der Waals surface area contributed by atoms with E-state index < -0.39 is 14.6 Å². The first-order valence-electron chi connectivity index (χ1n) is 47.6. The quantitative estimate of drug-likeness (QED) is 0.109. The number of benzene rings is 6. The van der Waals surface area contributed by atoms with Crippen molar-refractivity contribution >= 4 is 100 Å². The van der Waals surface area contributed by atoms with Crippen LogP contribution in [0.1, 0.15) is 300 Å². The number of aromatic nitrogens is 9. The van der Waals surface area contributed by atoms with E-state index in [0.29, 0.717) is 23.0 Å². The summed E-state index contributed by atoms with van der Waals surface area (Å²) in [6, 6.07) is 63.7. The normalized spacial score (nSPS) is 12.3. The van der Waals surface area contributed by atoms with Crippen LogP contribution in [-0.4, -0.2) is 63.8 Å². The first kappa shape index (κ1) is 113. The minimum Gasteiger partial charge on any atom is -0.264 e. The summed E-state index contributed by atoms with van der Waals surface area (Å²) in [5, 5.41) is 22.2. The van der Waals surface area contributed by atoms with Gasteiger partial charge < -0.3 is 0 Å². The molecule has 0 bridgehead atoms. The number of hydrogen-bond donors (Lipinski definition) is 0. The van der Waals surface area contributed by atoms with Crippen LogP contribution in [0.2, 0.25) is 0 Å². The average Bonchev–Trinajstić information content (AvgIpc) is 1.63. The lowest BCUT2D eigenvalue weighted by atomic mass is 9.88. The number of hydrogen-bond acceptors (Lipinski definition) is 18. The van der Waals surface area contributed by atoms with Gasteiger partial charge in [0.25, 0.3) is 0 Å². The number of thiazole rings is 6. The molecule has 0 amide bonds. The van der Waals surface area contributed by atoms with Crippen molar-refractivity contribution in [3.8, 4) is 54.9 Å². The third kappa shape index (κ3) is 37.7. The van der Waals surface area contributed by atoms with Crippen molar-refractivity contribution in [3.05, 3.63) is 331 Å². The van der Waals surface area contributed by atoms with Crippen LogP contribution in [0.25, 0.3) is 66.1 Å². The van der Waals surface area contributed by atoms with Crippen molar-refractivity contribution in [1.29, 1.82) is 0 Å². The van der Waals surface area contributed by atoms with Gasteiger partial charge in [0.1, 0.15) is 10.8 Å². The van der Waals surface area contributed by atoms with Crippen LogP contribution in [0.15, 0.2) is 238 Å². The van der Waals surface area contributed by atoms with Gasteiger partial charge in [0.2, 0.25) is 0 Å². The Morgan fingerprint density at radius 1 is 0.350 bits per heavy atom. The van der Waals surface area contributed by atoms with Crippen molar-refractivity contribution < 1.29 is 8.42 Å². The molecular formula is C118H153N9O2S8. The molecule has 0 saturated heterocycles.